The van der Waals surface area contributed by atoms with Crippen LogP contribution in [0.2, 0.25) is 0 Å². The van der Waals surface area contributed by atoms with Crippen LogP contribution in [-0.2, 0) is 4.79 Å². The highest BCUT2D eigenvalue weighted by atomic mass is 16.2. The van der Waals surface area contributed by atoms with Crippen molar-refractivity contribution in [2.24, 2.45) is 10.7 Å². The first-order valence-electron chi connectivity index (χ1n) is 6.56. The molecule has 6 heteroatoms. The van der Waals surface area contributed by atoms with Gasteiger partial charge in [0.25, 0.3) is 0 Å². The summed E-state index contributed by atoms with van der Waals surface area (Å²) in [5, 5.41) is 0. The van der Waals surface area contributed by atoms with Gasteiger partial charge in [-0.1, -0.05) is 6.92 Å². The van der Waals surface area contributed by atoms with Crippen LogP contribution in [0.5, 0.6) is 0 Å². The molecule has 2 heterocycles. The number of likely N-dealkylation sites (tertiary alicyclic amines) is 1. The highest BCUT2D eigenvalue weighted by molar-refractivity contribution is 6.04. The Balaban J connectivity index is 1.99. The van der Waals surface area contributed by atoms with Crippen molar-refractivity contribution in [3.8, 4) is 0 Å². The monoisotopic (exact) mass is 252 g/mol. The first-order chi connectivity index (χ1) is 8.63. The summed E-state index contributed by atoms with van der Waals surface area (Å²) in [7, 11) is 0. The van der Waals surface area contributed by atoms with Crippen molar-refractivity contribution in [3.05, 3.63) is 0 Å². The molecule has 0 spiro atoms. The third kappa shape index (κ3) is 2.47. The molecule has 0 aromatic heterocycles. The number of rotatable bonds is 4. The number of hydrogen-bond donors (Lipinski definition) is 1. The third-order valence-corrected chi connectivity index (χ3v) is 3.48. The first-order valence-corrected chi connectivity index (χ1v) is 6.56. The molecule has 0 aromatic rings. The Morgan fingerprint density at radius 1 is 1.44 bits per heavy atom. The molecule has 1 atom stereocenters. The van der Waals surface area contributed by atoms with Gasteiger partial charge in [-0.3, -0.25) is 4.79 Å². The Labute approximate surface area is 107 Å². The molecule has 1 fully saturated rings. The molecule has 2 aliphatic heterocycles. The number of urea groups is 1. The fourth-order valence-electron chi connectivity index (χ4n) is 2.51. The van der Waals surface area contributed by atoms with Crippen LogP contribution in [0.1, 0.15) is 32.6 Å². The van der Waals surface area contributed by atoms with Crippen LogP contribution < -0.4 is 5.73 Å². The Morgan fingerprint density at radius 2 is 2.11 bits per heavy atom. The Bertz CT molecular complexity index is 374. The lowest BCUT2D eigenvalue weighted by Crippen LogP contribution is -2.44. The number of nitrogens with zero attached hydrogens (tertiary/aromatic N) is 3. The topological polar surface area (TPSA) is 79.0 Å². The van der Waals surface area contributed by atoms with E-state index in [1.165, 1.54) is 0 Å². The van der Waals surface area contributed by atoms with Gasteiger partial charge in [0.15, 0.2) is 0 Å². The Hall–Kier alpha value is -1.59. The van der Waals surface area contributed by atoms with Crippen molar-refractivity contribution < 1.29 is 9.59 Å². The van der Waals surface area contributed by atoms with E-state index in [1.807, 2.05) is 11.8 Å². The van der Waals surface area contributed by atoms with Gasteiger partial charge < -0.3 is 15.5 Å². The largest absolute Gasteiger partial charge is 0.385 e. The summed E-state index contributed by atoms with van der Waals surface area (Å²) >= 11 is 0. The molecule has 18 heavy (non-hydrogen) atoms. The van der Waals surface area contributed by atoms with Crippen LogP contribution >= 0.6 is 0 Å². The number of amides is 3. The smallest absolute Gasteiger partial charge is 0.345 e. The van der Waals surface area contributed by atoms with Gasteiger partial charge in [0.1, 0.15) is 5.84 Å². The molecule has 2 rings (SSSR count). The molecule has 100 valence electrons. The van der Waals surface area contributed by atoms with Gasteiger partial charge in [0.05, 0.1) is 12.5 Å². The van der Waals surface area contributed by atoms with E-state index in [-0.39, 0.29) is 30.2 Å². The van der Waals surface area contributed by atoms with E-state index in [4.69, 9.17) is 5.73 Å². The summed E-state index contributed by atoms with van der Waals surface area (Å²) in [5.74, 6) is 0.354. The van der Waals surface area contributed by atoms with E-state index >= 15 is 0 Å². The Morgan fingerprint density at radius 3 is 2.72 bits per heavy atom. The van der Waals surface area contributed by atoms with Crippen molar-refractivity contribution >= 4 is 17.8 Å². The van der Waals surface area contributed by atoms with Crippen LogP contribution in [0.4, 0.5) is 4.79 Å². The molecule has 3 amide bonds. The number of nitrogens with two attached hydrogens (primary N) is 1. The summed E-state index contributed by atoms with van der Waals surface area (Å²) in [5.41, 5.74) is 5.75. The maximum atomic E-state index is 12.1. The molecule has 6 nitrogen and oxygen atoms in total. The Kier molecular flexibility index (Phi) is 3.84. The molecule has 0 aliphatic carbocycles. The lowest BCUT2D eigenvalue weighted by Gasteiger charge is -2.25. The first kappa shape index (κ1) is 12.9. The van der Waals surface area contributed by atoms with Crippen molar-refractivity contribution in [1.29, 1.82) is 0 Å². The van der Waals surface area contributed by atoms with E-state index in [9.17, 15) is 9.59 Å². The molecular weight excluding hydrogens is 232 g/mol. The molecule has 1 unspecified atom stereocenters. The lowest BCUT2D eigenvalue weighted by molar-refractivity contribution is -0.130. The lowest BCUT2D eigenvalue weighted by atomic mass is 10.1. The number of aliphatic imine (C=N–C) groups is 1. The van der Waals surface area contributed by atoms with Gasteiger partial charge in [-0.05, 0) is 19.3 Å². The quantitative estimate of drug-likeness (QED) is 0.794. The minimum absolute atomic E-state index is 0.0754. The van der Waals surface area contributed by atoms with Crippen molar-refractivity contribution in [2.75, 3.05) is 19.6 Å². The van der Waals surface area contributed by atoms with E-state index in [2.05, 4.69) is 4.99 Å². The number of hydrogen-bond acceptors (Lipinski definition) is 3. The van der Waals surface area contributed by atoms with Crippen LogP contribution in [-0.4, -0.2) is 53.2 Å². The average molecular weight is 252 g/mol. The third-order valence-electron chi connectivity index (χ3n) is 3.48. The number of carbonyl (C=O) groups is 2. The summed E-state index contributed by atoms with van der Waals surface area (Å²) in [6.07, 6.45) is 3.24. The minimum Gasteiger partial charge on any atom is -0.385 e. The van der Waals surface area contributed by atoms with Gasteiger partial charge in [-0.2, -0.15) is 4.99 Å². The SMILES string of the molecule is CCCN1C(=O)N=C(N)C1CC(=O)N1CCCC1. The zero-order chi connectivity index (χ0) is 13.1. The standard InChI is InChI=1S/C12H20N4O2/c1-2-5-16-9(11(13)14-12(16)18)8-10(17)15-6-3-4-7-15/h9H,2-8H2,1H3,(H2,13,14,18). The second-order valence-corrected chi connectivity index (χ2v) is 4.82. The van der Waals surface area contributed by atoms with Gasteiger partial charge in [0.2, 0.25) is 5.91 Å². The molecule has 0 aromatic carbocycles. The highest BCUT2D eigenvalue weighted by Gasteiger charge is 2.35. The van der Waals surface area contributed by atoms with Gasteiger partial charge >= 0.3 is 6.03 Å². The number of carbonyl (C=O) groups excluding carboxylic acids is 2. The van der Waals surface area contributed by atoms with E-state index in [1.54, 1.807) is 4.90 Å². The van der Waals surface area contributed by atoms with Gasteiger partial charge in [0, 0.05) is 19.6 Å². The van der Waals surface area contributed by atoms with Crippen molar-refractivity contribution in [1.82, 2.24) is 9.80 Å². The minimum atomic E-state index is -0.342. The number of amidine groups is 1. The summed E-state index contributed by atoms with van der Waals surface area (Å²) in [4.78, 5) is 30.9. The molecule has 2 N–H and O–H groups in total. The summed E-state index contributed by atoms with van der Waals surface area (Å²) in [6.45, 7) is 4.23. The molecular formula is C12H20N4O2. The van der Waals surface area contributed by atoms with E-state index in [0.29, 0.717) is 6.54 Å². The maximum absolute atomic E-state index is 12.1. The zero-order valence-electron chi connectivity index (χ0n) is 10.8. The van der Waals surface area contributed by atoms with E-state index < -0.39 is 0 Å². The van der Waals surface area contributed by atoms with Crippen LogP contribution in [0.3, 0.4) is 0 Å². The highest BCUT2D eigenvalue weighted by Crippen LogP contribution is 2.18. The molecule has 0 bridgehead atoms. The zero-order valence-corrected chi connectivity index (χ0v) is 10.8. The van der Waals surface area contributed by atoms with Crippen molar-refractivity contribution in [2.45, 2.75) is 38.6 Å². The van der Waals surface area contributed by atoms with Crippen LogP contribution in [0.25, 0.3) is 0 Å². The molecule has 2 aliphatic rings. The van der Waals surface area contributed by atoms with Gasteiger partial charge in [-0.15, -0.1) is 0 Å². The van der Waals surface area contributed by atoms with Crippen LogP contribution in [0, 0.1) is 0 Å². The fourth-order valence-corrected chi connectivity index (χ4v) is 2.51. The molecule has 0 radical (unpaired) electrons. The second-order valence-electron chi connectivity index (χ2n) is 4.82. The maximum Gasteiger partial charge on any atom is 0.345 e. The second kappa shape index (κ2) is 5.37. The summed E-state index contributed by atoms with van der Waals surface area (Å²) in [6, 6.07) is -0.654. The van der Waals surface area contributed by atoms with Crippen LogP contribution in [0.15, 0.2) is 4.99 Å². The fraction of sp³-hybridized carbons (Fsp3) is 0.750. The predicted octanol–water partition coefficient (Wildman–Crippen LogP) is 0.570. The van der Waals surface area contributed by atoms with Crippen molar-refractivity contribution in [3.63, 3.8) is 0 Å². The van der Waals surface area contributed by atoms with E-state index in [0.717, 1.165) is 32.4 Å². The molecule has 0 saturated carbocycles. The normalized spacial score (nSPS) is 23.7. The summed E-state index contributed by atoms with van der Waals surface area (Å²) < 4.78 is 0. The van der Waals surface area contributed by atoms with Gasteiger partial charge in [-0.25, -0.2) is 4.79 Å². The average Bonchev–Trinajstić information content (AvgIpc) is 2.93. The predicted molar refractivity (Wildman–Crippen MR) is 68.2 cm³/mol. The molecule has 1 saturated heterocycles.